The van der Waals surface area contributed by atoms with Crippen LogP contribution >= 0.6 is 0 Å². The zero-order valence-corrected chi connectivity index (χ0v) is 18.4. The highest BCUT2D eigenvalue weighted by Crippen LogP contribution is 2.14. The Morgan fingerprint density at radius 1 is 1.10 bits per heavy atom. The molecule has 0 radical (unpaired) electrons. The predicted octanol–water partition coefficient (Wildman–Crippen LogP) is 6.15. The molecule has 0 aliphatic carbocycles. The van der Waals surface area contributed by atoms with E-state index >= 15 is 0 Å². The molecule has 154 valence electrons. The van der Waals surface area contributed by atoms with Crippen molar-refractivity contribution in [3.63, 3.8) is 0 Å². The predicted molar refractivity (Wildman–Crippen MR) is 132 cm³/mol. The van der Waals surface area contributed by atoms with E-state index in [1.54, 1.807) is 12.2 Å². The van der Waals surface area contributed by atoms with E-state index in [0.29, 0.717) is 6.54 Å². The number of aromatic nitrogens is 1. The molecule has 0 aliphatic rings. The van der Waals surface area contributed by atoms with E-state index in [-0.39, 0.29) is 0 Å². The molecule has 1 heterocycles. The molecule has 0 fully saturated rings. The molecule has 0 aliphatic heterocycles. The lowest BCUT2D eigenvalue weighted by Crippen LogP contribution is -2.33. The average Bonchev–Trinajstić information content (AvgIpc) is 2.73. The average molecular weight is 399 g/mol. The van der Waals surface area contributed by atoms with Gasteiger partial charge in [0.05, 0.1) is 11.1 Å². The van der Waals surface area contributed by atoms with Crippen molar-refractivity contribution in [2.24, 2.45) is 0 Å². The Hall–Kier alpha value is -3.52. The molecule has 0 N–H and O–H groups in total. The molecule has 0 saturated heterocycles. The fourth-order valence-corrected chi connectivity index (χ4v) is 2.72. The van der Waals surface area contributed by atoms with Crippen molar-refractivity contribution in [1.29, 1.82) is 0 Å². The van der Waals surface area contributed by atoms with Crippen LogP contribution in [-0.2, 0) is 6.54 Å². The van der Waals surface area contributed by atoms with Crippen LogP contribution in [0.25, 0.3) is 5.57 Å². The Labute approximate surface area is 182 Å². The van der Waals surface area contributed by atoms with E-state index in [4.69, 9.17) is 0 Å². The van der Waals surface area contributed by atoms with Crippen molar-refractivity contribution in [2.45, 2.75) is 20.4 Å². The van der Waals surface area contributed by atoms with Crippen LogP contribution in [0, 0.1) is 0 Å². The molecule has 0 spiro atoms. The Morgan fingerprint density at radius 3 is 2.57 bits per heavy atom. The first-order chi connectivity index (χ1) is 14.5. The van der Waals surface area contributed by atoms with Crippen molar-refractivity contribution in [2.75, 3.05) is 6.54 Å². The molecule has 0 bridgehead atoms. The summed E-state index contributed by atoms with van der Waals surface area (Å²) >= 11 is 0. The van der Waals surface area contributed by atoms with Gasteiger partial charge >= 0.3 is 0 Å². The van der Waals surface area contributed by atoms with Gasteiger partial charge in [0.25, 0.3) is 0 Å². The van der Waals surface area contributed by atoms with Crippen LogP contribution < -0.4 is 4.57 Å². The molecular formula is C28H34N2+2. The number of allylic oxidation sites excluding steroid dienone is 11. The standard InChI is InChI=1S/C28H34N2/c1-7-11-13-14-17-26(6)22-30-20-15-18-28(24-30)27(10-4)23-29(19-9-3)21-25(5)16-12-8-2/h7-20,23-24H,2-5,21-22H2,1,6H3/q+2/b11-7-,14-13-,16-12-,26-17+,27-23+,29-19?. The number of hydrogen-bond acceptors (Lipinski definition) is 0. The van der Waals surface area contributed by atoms with E-state index in [0.717, 1.165) is 23.3 Å². The zero-order chi connectivity index (χ0) is 22.2. The number of rotatable bonds is 12. The highest BCUT2D eigenvalue weighted by molar-refractivity contribution is 5.72. The highest BCUT2D eigenvalue weighted by atomic mass is 15.0. The molecule has 0 aromatic carbocycles. The fourth-order valence-electron chi connectivity index (χ4n) is 2.72. The first-order valence-corrected chi connectivity index (χ1v) is 10.0. The van der Waals surface area contributed by atoms with Crippen LogP contribution in [0.2, 0.25) is 0 Å². The minimum Gasteiger partial charge on any atom is -0.201 e. The van der Waals surface area contributed by atoms with Crippen LogP contribution in [-0.4, -0.2) is 17.3 Å². The lowest BCUT2D eigenvalue weighted by molar-refractivity contribution is -0.689. The summed E-state index contributed by atoms with van der Waals surface area (Å²) in [6, 6.07) is 4.15. The Morgan fingerprint density at radius 2 is 1.90 bits per heavy atom. The monoisotopic (exact) mass is 398 g/mol. The maximum atomic E-state index is 4.10. The molecule has 1 aromatic heterocycles. The van der Waals surface area contributed by atoms with Gasteiger partial charge < -0.3 is 0 Å². The van der Waals surface area contributed by atoms with Crippen LogP contribution in [0.4, 0.5) is 0 Å². The van der Waals surface area contributed by atoms with Crippen molar-refractivity contribution >= 4 is 11.8 Å². The van der Waals surface area contributed by atoms with Crippen molar-refractivity contribution in [3.05, 3.63) is 135 Å². The summed E-state index contributed by atoms with van der Waals surface area (Å²) < 4.78 is 4.23. The topological polar surface area (TPSA) is 6.89 Å². The smallest absolute Gasteiger partial charge is 0.177 e. The van der Waals surface area contributed by atoms with Crippen molar-refractivity contribution < 1.29 is 9.14 Å². The normalized spacial score (nSPS) is 13.3. The van der Waals surface area contributed by atoms with Gasteiger partial charge in [0, 0.05) is 11.6 Å². The number of nitrogens with zero attached hydrogens (tertiary/aromatic N) is 2. The molecular weight excluding hydrogens is 364 g/mol. The first-order valence-electron chi connectivity index (χ1n) is 10.0. The van der Waals surface area contributed by atoms with E-state index in [1.807, 2.05) is 54.2 Å². The lowest BCUT2D eigenvalue weighted by Gasteiger charge is -2.03. The van der Waals surface area contributed by atoms with Gasteiger partial charge in [0.2, 0.25) is 0 Å². The largest absolute Gasteiger partial charge is 0.201 e. The second kappa shape index (κ2) is 14.5. The fraction of sp³-hybridized carbons (Fsp3) is 0.143. The lowest BCUT2D eigenvalue weighted by atomic mass is 10.1. The third kappa shape index (κ3) is 9.61. The molecule has 30 heavy (non-hydrogen) atoms. The Balaban J connectivity index is 3.10. The van der Waals surface area contributed by atoms with Gasteiger partial charge in [-0.2, -0.15) is 0 Å². The van der Waals surface area contributed by atoms with Gasteiger partial charge in [-0.15, -0.1) is 0 Å². The summed E-state index contributed by atoms with van der Waals surface area (Å²) in [5.41, 5.74) is 4.37. The van der Waals surface area contributed by atoms with Crippen LogP contribution in [0.3, 0.4) is 0 Å². The summed E-state index contributed by atoms with van der Waals surface area (Å²) in [5.74, 6) is 0. The molecule has 1 aromatic rings. The molecule has 1 rings (SSSR count). The van der Waals surface area contributed by atoms with E-state index in [1.165, 1.54) is 5.57 Å². The molecule has 2 nitrogen and oxygen atoms in total. The van der Waals surface area contributed by atoms with Crippen molar-refractivity contribution in [1.82, 2.24) is 0 Å². The molecule has 0 unspecified atom stereocenters. The second-order valence-electron chi connectivity index (χ2n) is 6.79. The maximum Gasteiger partial charge on any atom is 0.177 e. The summed E-state index contributed by atoms with van der Waals surface area (Å²) in [6.45, 7) is 21.2. The van der Waals surface area contributed by atoms with Gasteiger partial charge in [-0.1, -0.05) is 81.0 Å². The summed E-state index contributed by atoms with van der Waals surface area (Å²) in [5, 5.41) is 0. The molecule has 2 heteroatoms. The number of pyridine rings is 1. The van der Waals surface area contributed by atoms with Gasteiger partial charge in [0.1, 0.15) is 0 Å². The third-order valence-corrected chi connectivity index (χ3v) is 4.09. The van der Waals surface area contributed by atoms with Gasteiger partial charge in [-0.05, 0) is 31.6 Å². The summed E-state index contributed by atoms with van der Waals surface area (Å²) in [4.78, 5) is 0. The van der Waals surface area contributed by atoms with Gasteiger partial charge in [-0.25, -0.2) is 9.14 Å². The summed E-state index contributed by atoms with van der Waals surface area (Å²) in [6.07, 6.45) is 27.7. The van der Waals surface area contributed by atoms with Crippen LogP contribution in [0.5, 0.6) is 0 Å². The van der Waals surface area contributed by atoms with Crippen LogP contribution in [0.1, 0.15) is 19.4 Å². The van der Waals surface area contributed by atoms with Crippen LogP contribution in [0.15, 0.2) is 129 Å². The van der Waals surface area contributed by atoms with E-state index in [9.17, 15) is 0 Å². The highest BCUT2D eigenvalue weighted by Gasteiger charge is 2.10. The third-order valence-electron chi connectivity index (χ3n) is 4.09. The number of hydrogen-bond donors (Lipinski definition) is 0. The minimum atomic E-state index is 0.654. The molecule has 0 atom stereocenters. The second-order valence-corrected chi connectivity index (χ2v) is 6.79. The van der Waals surface area contributed by atoms with E-state index in [2.05, 4.69) is 80.7 Å². The van der Waals surface area contributed by atoms with Gasteiger partial charge in [-0.3, -0.25) is 0 Å². The molecule has 0 saturated carbocycles. The zero-order valence-electron chi connectivity index (χ0n) is 18.4. The minimum absolute atomic E-state index is 0.654. The Kier molecular flexibility index (Phi) is 11.8. The Bertz CT molecular complexity index is 931. The van der Waals surface area contributed by atoms with Gasteiger partial charge in [0.15, 0.2) is 37.9 Å². The quantitative estimate of drug-likeness (QED) is 0.226. The van der Waals surface area contributed by atoms with Crippen molar-refractivity contribution in [3.8, 4) is 0 Å². The first kappa shape index (κ1) is 24.5. The maximum absolute atomic E-state index is 4.10. The molecule has 0 amide bonds. The summed E-state index contributed by atoms with van der Waals surface area (Å²) in [7, 11) is 0. The SMILES string of the molecule is C=CC=[N+](/C=C(\C=C)c1ccc[n+](C/C(C)=C/C=C\C=C/C)c1)CC(=C)/C=C\C=C. The van der Waals surface area contributed by atoms with E-state index < -0.39 is 0 Å².